The number of aromatic hydroxyl groups is 1. The van der Waals surface area contributed by atoms with Gasteiger partial charge in [-0.05, 0) is 115 Å². The van der Waals surface area contributed by atoms with Gasteiger partial charge in [0.25, 0.3) is 0 Å². The van der Waals surface area contributed by atoms with Gasteiger partial charge >= 0.3 is 0 Å². The third-order valence-corrected chi connectivity index (χ3v) is 11.1. The molecule has 2 atom stereocenters. The summed E-state index contributed by atoms with van der Waals surface area (Å²) in [6, 6.07) is 43.3. The number of carbonyl (C=O) groups excluding carboxylic acids is 1. The van der Waals surface area contributed by atoms with Crippen molar-refractivity contribution < 1.29 is 15.0 Å². The summed E-state index contributed by atoms with van der Waals surface area (Å²) in [6.07, 6.45) is 2.94. The van der Waals surface area contributed by atoms with Crippen molar-refractivity contribution in [1.29, 1.82) is 0 Å². The van der Waals surface area contributed by atoms with Crippen LogP contribution < -0.4 is 21.9 Å². The quantitative estimate of drug-likeness (QED) is 0.0618. The van der Waals surface area contributed by atoms with Crippen molar-refractivity contribution in [3.8, 4) is 5.75 Å². The maximum Gasteiger partial charge on any atom is 0.248 e. The van der Waals surface area contributed by atoms with Crippen molar-refractivity contribution in [3.05, 3.63) is 172 Å². The molecular formula is C46H49N5O4. The van der Waals surface area contributed by atoms with Crippen molar-refractivity contribution in [2.75, 3.05) is 38.0 Å². The Morgan fingerprint density at radius 1 is 0.818 bits per heavy atom. The van der Waals surface area contributed by atoms with Crippen molar-refractivity contribution in [2.24, 2.45) is 11.7 Å². The van der Waals surface area contributed by atoms with Gasteiger partial charge in [0.15, 0.2) is 0 Å². The standard InChI is InChI=1S/C46H49N5O4/c47-45(55)46(34-9-3-1-4-10-34,35-11-5-2-6-12-35)36-26-29-51(31-36)28-7-8-32-13-17-37(18-14-32)49-38-19-15-33(16-20-38)25-27-48-30-42(53)39-21-23-41(52)44-40(39)22-24-43(54)50-44/h1-6,9-24,36,42,48-49,52-53H,7-8,25-31H2,(H2,47,55)(H,50,54)/t36-,42+/m1/s1. The van der Waals surface area contributed by atoms with Gasteiger partial charge in [-0.2, -0.15) is 0 Å². The van der Waals surface area contributed by atoms with Crippen LogP contribution in [0.4, 0.5) is 11.4 Å². The number of phenols is 1. The summed E-state index contributed by atoms with van der Waals surface area (Å²) in [4.78, 5) is 30.2. The largest absolute Gasteiger partial charge is 0.506 e. The summed E-state index contributed by atoms with van der Waals surface area (Å²) in [6.45, 7) is 3.78. The van der Waals surface area contributed by atoms with Crippen LogP contribution in [0.2, 0.25) is 0 Å². The summed E-state index contributed by atoms with van der Waals surface area (Å²) in [5, 5.41) is 28.4. The van der Waals surface area contributed by atoms with Crippen LogP contribution in [0.25, 0.3) is 10.9 Å². The molecule has 6 aromatic rings. The van der Waals surface area contributed by atoms with Gasteiger partial charge in [0.05, 0.1) is 11.6 Å². The Kier molecular flexibility index (Phi) is 11.7. The first-order chi connectivity index (χ1) is 26.8. The second kappa shape index (κ2) is 17.2. The first-order valence-electron chi connectivity index (χ1n) is 19.1. The fraction of sp³-hybridized carbons (Fsp3) is 0.261. The Morgan fingerprint density at radius 3 is 2.05 bits per heavy atom. The Hall–Kier alpha value is -5.74. The van der Waals surface area contributed by atoms with E-state index in [4.69, 9.17) is 5.73 Å². The molecule has 0 radical (unpaired) electrons. The number of aromatic nitrogens is 1. The molecule has 282 valence electrons. The topological polar surface area (TPSA) is 144 Å². The number of nitrogens with one attached hydrogen (secondary N) is 3. The number of aryl methyl sites for hydroxylation is 1. The van der Waals surface area contributed by atoms with Crippen molar-refractivity contribution in [2.45, 2.75) is 37.2 Å². The first kappa shape index (κ1) is 37.6. The molecule has 1 aromatic heterocycles. The molecule has 0 aliphatic carbocycles. The monoisotopic (exact) mass is 735 g/mol. The number of primary amides is 1. The minimum absolute atomic E-state index is 0.0233. The lowest BCUT2D eigenvalue weighted by atomic mass is 9.64. The predicted octanol–water partition coefficient (Wildman–Crippen LogP) is 6.57. The number of benzene rings is 5. The van der Waals surface area contributed by atoms with E-state index in [1.165, 1.54) is 23.3 Å². The predicted molar refractivity (Wildman–Crippen MR) is 220 cm³/mol. The van der Waals surface area contributed by atoms with Crippen molar-refractivity contribution in [3.63, 3.8) is 0 Å². The van der Waals surface area contributed by atoms with Gasteiger partial charge in [-0.15, -0.1) is 0 Å². The number of pyridine rings is 1. The van der Waals surface area contributed by atoms with E-state index in [0.717, 1.165) is 67.8 Å². The molecule has 1 amide bonds. The maximum atomic E-state index is 13.4. The van der Waals surface area contributed by atoms with Crippen LogP contribution in [-0.4, -0.2) is 58.7 Å². The highest BCUT2D eigenvalue weighted by Gasteiger charge is 2.49. The van der Waals surface area contributed by atoms with Crippen molar-refractivity contribution in [1.82, 2.24) is 15.2 Å². The van der Waals surface area contributed by atoms with Gasteiger partial charge in [-0.3, -0.25) is 9.59 Å². The zero-order chi connectivity index (χ0) is 38.2. The summed E-state index contributed by atoms with van der Waals surface area (Å²) in [7, 11) is 0. The molecule has 1 aliphatic rings. The highest BCUT2D eigenvalue weighted by Crippen LogP contribution is 2.43. The molecule has 55 heavy (non-hydrogen) atoms. The lowest BCUT2D eigenvalue weighted by molar-refractivity contribution is -0.123. The van der Waals surface area contributed by atoms with Gasteiger partial charge in [0.1, 0.15) is 11.2 Å². The number of nitrogens with two attached hydrogens (primary N) is 1. The average Bonchev–Trinajstić information content (AvgIpc) is 3.68. The molecule has 0 spiro atoms. The normalized spacial score (nSPS) is 15.3. The molecule has 0 unspecified atom stereocenters. The number of aromatic amines is 1. The molecule has 7 rings (SSSR count). The van der Waals surface area contributed by atoms with E-state index >= 15 is 0 Å². The third-order valence-electron chi connectivity index (χ3n) is 11.1. The summed E-state index contributed by atoms with van der Waals surface area (Å²) in [5.41, 5.74) is 12.6. The number of nitrogens with zero attached hydrogens (tertiary/aromatic N) is 1. The molecular weight excluding hydrogens is 687 g/mol. The smallest absolute Gasteiger partial charge is 0.248 e. The van der Waals surface area contributed by atoms with E-state index in [9.17, 15) is 19.8 Å². The summed E-state index contributed by atoms with van der Waals surface area (Å²) >= 11 is 0. The highest BCUT2D eigenvalue weighted by molar-refractivity contribution is 5.91. The second-order valence-electron chi connectivity index (χ2n) is 14.6. The molecule has 7 N–H and O–H groups in total. The molecule has 9 nitrogen and oxygen atoms in total. The first-order valence-corrected chi connectivity index (χ1v) is 19.1. The molecule has 9 heteroatoms. The van der Waals surface area contributed by atoms with Gasteiger partial charge < -0.3 is 36.5 Å². The van der Waals surface area contributed by atoms with E-state index in [1.807, 2.05) is 60.7 Å². The van der Waals surface area contributed by atoms with E-state index < -0.39 is 11.5 Å². The zero-order valence-electron chi connectivity index (χ0n) is 31.0. The fourth-order valence-electron chi connectivity index (χ4n) is 8.23. The lowest BCUT2D eigenvalue weighted by Gasteiger charge is -2.37. The molecule has 5 aromatic carbocycles. The Labute approximate surface area is 321 Å². The van der Waals surface area contributed by atoms with Gasteiger partial charge in [-0.1, -0.05) is 91.0 Å². The second-order valence-corrected chi connectivity index (χ2v) is 14.6. The van der Waals surface area contributed by atoms with Crippen LogP contribution in [0.3, 0.4) is 0 Å². The van der Waals surface area contributed by atoms with E-state index in [0.29, 0.717) is 29.6 Å². The third kappa shape index (κ3) is 8.49. The Bertz CT molecular complexity index is 2200. The number of H-pyrrole nitrogens is 1. The van der Waals surface area contributed by atoms with Gasteiger partial charge in [0, 0.05) is 35.9 Å². The Morgan fingerprint density at radius 2 is 1.44 bits per heavy atom. The fourth-order valence-corrected chi connectivity index (χ4v) is 8.23. The average molecular weight is 736 g/mol. The van der Waals surface area contributed by atoms with Crippen LogP contribution >= 0.6 is 0 Å². The number of rotatable bonds is 16. The number of carbonyl (C=O) groups is 1. The minimum Gasteiger partial charge on any atom is -0.506 e. The lowest BCUT2D eigenvalue weighted by Crippen LogP contribution is -2.49. The SMILES string of the molecule is NC(=O)C(c1ccccc1)(c1ccccc1)[C@@H]1CCN(CCCc2ccc(Nc3ccc(CCNC[C@H](O)c4ccc(O)c5[nH]c(=O)ccc45)cc3)cc2)C1. The van der Waals surface area contributed by atoms with Crippen LogP contribution in [0, 0.1) is 5.92 Å². The Balaban J connectivity index is 0.858. The summed E-state index contributed by atoms with van der Waals surface area (Å²) < 4.78 is 0. The number of fused-ring (bicyclic) bond motifs is 1. The molecule has 2 heterocycles. The molecule has 0 saturated carbocycles. The summed E-state index contributed by atoms with van der Waals surface area (Å²) in [5.74, 6) is -0.213. The number of hydrogen-bond donors (Lipinski definition) is 6. The van der Waals surface area contributed by atoms with Gasteiger partial charge in [-0.25, -0.2) is 0 Å². The van der Waals surface area contributed by atoms with Gasteiger partial charge in [0.2, 0.25) is 11.5 Å². The van der Waals surface area contributed by atoms with E-state index in [-0.39, 0.29) is 23.1 Å². The number of likely N-dealkylation sites (tertiary alicyclic amines) is 1. The molecule has 1 saturated heterocycles. The zero-order valence-corrected chi connectivity index (χ0v) is 31.0. The molecule has 1 aliphatic heterocycles. The highest BCUT2D eigenvalue weighted by atomic mass is 16.3. The molecule has 0 bridgehead atoms. The van der Waals surface area contributed by atoms with Crippen LogP contribution in [0.5, 0.6) is 5.75 Å². The van der Waals surface area contributed by atoms with Crippen molar-refractivity contribution >= 4 is 28.2 Å². The van der Waals surface area contributed by atoms with Crippen LogP contribution in [0.1, 0.15) is 46.8 Å². The van der Waals surface area contributed by atoms with Crippen LogP contribution in [0.15, 0.2) is 138 Å². The molecule has 1 fully saturated rings. The number of aliphatic hydroxyl groups is 1. The van der Waals surface area contributed by atoms with E-state index in [2.05, 4.69) is 69.0 Å². The number of amides is 1. The van der Waals surface area contributed by atoms with E-state index in [1.54, 1.807) is 12.1 Å². The minimum atomic E-state index is -0.861. The number of aliphatic hydroxyl groups excluding tert-OH is 1. The number of phenolic OH excluding ortho intramolecular Hbond substituents is 1. The van der Waals surface area contributed by atoms with Crippen LogP contribution in [-0.2, 0) is 23.1 Å². The number of anilines is 2. The maximum absolute atomic E-state index is 13.4. The number of hydrogen-bond acceptors (Lipinski definition) is 7.